The van der Waals surface area contributed by atoms with Gasteiger partial charge in [-0.25, -0.2) is 9.97 Å². The van der Waals surface area contributed by atoms with Crippen molar-refractivity contribution in [3.63, 3.8) is 0 Å². The molecule has 0 saturated heterocycles. The first kappa shape index (κ1) is 17.4. The van der Waals surface area contributed by atoms with E-state index in [2.05, 4.69) is 42.9 Å². The molecule has 0 aliphatic rings. The van der Waals surface area contributed by atoms with Gasteiger partial charge in [0.1, 0.15) is 16.4 Å². The normalized spacial score (nSPS) is 11.1. The van der Waals surface area contributed by atoms with Crippen LogP contribution in [0, 0.1) is 6.92 Å². The van der Waals surface area contributed by atoms with Crippen molar-refractivity contribution in [2.75, 3.05) is 7.11 Å². The van der Waals surface area contributed by atoms with Crippen LogP contribution in [0.3, 0.4) is 0 Å². The summed E-state index contributed by atoms with van der Waals surface area (Å²) in [4.78, 5) is 11.6. The highest BCUT2D eigenvalue weighted by atomic mass is 32.1. The summed E-state index contributed by atoms with van der Waals surface area (Å²) in [6, 6.07) is 17.7. The van der Waals surface area contributed by atoms with Crippen molar-refractivity contribution in [2.24, 2.45) is 0 Å². The molecule has 142 valence electrons. The average molecular weight is 400 g/mol. The van der Waals surface area contributed by atoms with Crippen molar-refractivity contribution in [3.05, 3.63) is 65.8 Å². The zero-order valence-corrected chi connectivity index (χ0v) is 16.6. The minimum atomic E-state index is 0.504. The van der Waals surface area contributed by atoms with Gasteiger partial charge >= 0.3 is 0 Å². The molecule has 8 heteroatoms. The fraction of sp³-hybridized carbons (Fsp3) is 0.0952. The maximum Gasteiger partial charge on any atom is 0.205 e. The Morgan fingerprint density at radius 2 is 1.79 bits per heavy atom. The predicted molar refractivity (Wildman–Crippen MR) is 112 cm³/mol. The van der Waals surface area contributed by atoms with Crippen molar-refractivity contribution in [1.82, 2.24) is 30.2 Å². The van der Waals surface area contributed by atoms with Gasteiger partial charge in [0, 0.05) is 16.5 Å². The van der Waals surface area contributed by atoms with Gasteiger partial charge in [-0.05, 0) is 29.8 Å². The zero-order valence-electron chi connectivity index (χ0n) is 15.8. The highest BCUT2D eigenvalue weighted by Gasteiger charge is 2.18. The Morgan fingerprint density at radius 1 is 0.966 bits per heavy atom. The molecule has 5 rings (SSSR count). The Bertz CT molecular complexity index is 1310. The first-order valence-corrected chi connectivity index (χ1v) is 9.87. The van der Waals surface area contributed by atoms with Crippen LogP contribution in [0.2, 0.25) is 0 Å². The molecule has 0 N–H and O–H groups in total. The largest absolute Gasteiger partial charge is 0.497 e. The molecule has 0 aliphatic heterocycles. The van der Waals surface area contributed by atoms with Crippen LogP contribution >= 0.6 is 11.3 Å². The van der Waals surface area contributed by atoms with Crippen LogP contribution in [-0.4, -0.2) is 37.3 Å². The molecule has 0 radical (unpaired) electrons. The van der Waals surface area contributed by atoms with Gasteiger partial charge < -0.3 is 4.74 Å². The lowest BCUT2D eigenvalue weighted by atomic mass is 10.1. The molecule has 0 spiro atoms. The third-order valence-corrected chi connectivity index (χ3v) is 5.41. The number of ether oxygens (including phenoxy) is 1. The molecule has 0 unspecified atom stereocenters. The van der Waals surface area contributed by atoms with E-state index in [9.17, 15) is 0 Å². The van der Waals surface area contributed by atoms with Crippen molar-refractivity contribution in [1.29, 1.82) is 0 Å². The van der Waals surface area contributed by atoms with E-state index in [1.807, 2.05) is 49.4 Å². The van der Waals surface area contributed by atoms with Crippen LogP contribution in [0.5, 0.6) is 5.75 Å². The predicted octanol–water partition coefficient (Wildman–Crippen LogP) is 4.32. The number of hydrogen-bond donors (Lipinski definition) is 0. The van der Waals surface area contributed by atoms with E-state index in [4.69, 9.17) is 4.74 Å². The molecule has 0 fully saturated rings. The minimum absolute atomic E-state index is 0.504. The van der Waals surface area contributed by atoms with E-state index < -0.39 is 0 Å². The second-order valence-corrected chi connectivity index (χ2v) is 7.28. The second-order valence-electron chi connectivity index (χ2n) is 6.42. The summed E-state index contributed by atoms with van der Waals surface area (Å²) >= 11 is 1.58. The van der Waals surface area contributed by atoms with Gasteiger partial charge in [-0.2, -0.15) is 0 Å². The summed E-state index contributed by atoms with van der Waals surface area (Å²) in [6.45, 7) is 1.87. The fourth-order valence-corrected chi connectivity index (χ4v) is 4.17. The van der Waals surface area contributed by atoms with Gasteiger partial charge in [0.2, 0.25) is 5.82 Å². The third kappa shape index (κ3) is 3.13. The lowest BCUT2D eigenvalue weighted by Crippen LogP contribution is -2.05. The molecule has 3 heterocycles. The van der Waals surface area contributed by atoms with Crippen LogP contribution < -0.4 is 4.74 Å². The first-order chi connectivity index (χ1) is 14.2. The number of rotatable bonds is 4. The smallest absolute Gasteiger partial charge is 0.205 e. The summed E-state index contributed by atoms with van der Waals surface area (Å²) in [5.41, 5.74) is 2.98. The van der Waals surface area contributed by atoms with Crippen molar-refractivity contribution in [3.8, 4) is 34.1 Å². The van der Waals surface area contributed by atoms with E-state index in [1.54, 1.807) is 18.4 Å². The molecule has 5 aromatic rings. The Labute approximate surface area is 170 Å². The molecule has 0 bridgehead atoms. The minimum Gasteiger partial charge on any atom is -0.497 e. The maximum atomic E-state index is 5.29. The van der Waals surface area contributed by atoms with E-state index in [-0.39, 0.29) is 0 Å². The summed E-state index contributed by atoms with van der Waals surface area (Å²) < 4.78 is 5.29. The van der Waals surface area contributed by atoms with Gasteiger partial charge in [-0.1, -0.05) is 42.5 Å². The SMILES string of the molecule is COc1cccc(-c2nnn(-c3nc(C)nc4scc(-c5ccccc5)c34)n2)c1. The lowest BCUT2D eigenvalue weighted by molar-refractivity contribution is 0.415. The maximum absolute atomic E-state index is 5.29. The highest BCUT2D eigenvalue weighted by molar-refractivity contribution is 7.17. The number of tetrazole rings is 1. The number of methoxy groups -OCH3 is 1. The molecule has 0 saturated carbocycles. The molecular weight excluding hydrogens is 384 g/mol. The Morgan fingerprint density at radius 3 is 2.62 bits per heavy atom. The number of aryl methyl sites for hydroxylation is 1. The molecule has 7 nitrogen and oxygen atoms in total. The van der Waals surface area contributed by atoms with Gasteiger partial charge in [-0.15, -0.1) is 26.3 Å². The summed E-state index contributed by atoms with van der Waals surface area (Å²) in [5, 5.41) is 16.1. The van der Waals surface area contributed by atoms with E-state index >= 15 is 0 Å². The topological polar surface area (TPSA) is 78.6 Å². The van der Waals surface area contributed by atoms with Gasteiger partial charge in [0.25, 0.3) is 0 Å². The summed E-state index contributed by atoms with van der Waals surface area (Å²) in [6.07, 6.45) is 0. The van der Waals surface area contributed by atoms with Crippen molar-refractivity contribution >= 4 is 21.6 Å². The lowest BCUT2D eigenvalue weighted by Gasteiger charge is -2.05. The molecule has 3 aromatic heterocycles. The number of aromatic nitrogens is 6. The monoisotopic (exact) mass is 400 g/mol. The fourth-order valence-electron chi connectivity index (χ4n) is 3.18. The molecule has 2 aromatic carbocycles. The van der Waals surface area contributed by atoms with Crippen molar-refractivity contribution < 1.29 is 4.74 Å². The van der Waals surface area contributed by atoms with E-state index in [0.29, 0.717) is 17.5 Å². The molecule has 29 heavy (non-hydrogen) atoms. The van der Waals surface area contributed by atoms with Crippen LogP contribution in [0.4, 0.5) is 0 Å². The number of nitrogens with zero attached hydrogens (tertiary/aromatic N) is 6. The number of hydrogen-bond acceptors (Lipinski definition) is 7. The number of benzene rings is 2. The summed E-state index contributed by atoms with van der Waals surface area (Å²) in [5.74, 6) is 2.52. The Hall–Kier alpha value is -3.65. The molecule has 0 amide bonds. The van der Waals surface area contributed by atoms with Crippen molar-refractivity contribution in [2.45, 2.75) is 6.92 Å². The third-order valence-electron chi connectivity index (χ3n) is 4.54. The highest BCUT2D eigenvalue weighted by Crippen LogP contribution is 2.35. The number of thiophene rings is 1. The summed E-state index contributed by atoms with van der Waals surface area (Å²) in [7, 11) is 1.63. The van der Waals surface area contributed by atoms with E-state index in [1.165, 1.54) is 4.80 Å². The number of fused-ring (bicyclic) bond motifs is 1. The van der Waals surface area contributed by atoms with Crippen LogP contribution in [0.1, 0.15) is 5.82 Å². The standard InChI is InChI=1S/C21H16N6OS/c1-13-22-20(18-17(12-29-21(18)23-13)14-7-4-3-5-8-14)27-25-19(24-26-27)15-9-6-10-16(11-15)28-2/h3-12H,1-2H3. The Kier molecular flexibility index (Phi) is 4.25. The Balaban J connectivity index is 1.67. The first-order valence-electron chi connectivity index (χ1n) is 8.99. The average Bonchev–Trinajstić information content (AvgIpc) is 3.41. The van der Waals surface area contributed by atoms with Crippen LogP contribution in [-0.2, 0) is 0 Å². The second kappa shape index (κ2) is 7.06. The molecular formula is C21H16N6OS. The van der Waals surface area contributed by atoms with Crippen LogP contribution in [0.25, 0.3) is 38.5 Å². The van der Waals surface area contributed by atoms with Gasteiger partial charge in [-0.3, -0.25) is 0 Å². The molecule has 0 aliphatic carbocycles. The quantitative estimate of drug-likeness (QED) is 0.447. The molecule has 0 atom stereocenters. The van der Waals surface area contributed by atoms with Gasteiger partial charge in [0.05, 0.1) is 12.5 Å². The van der Waals surface area contributed by atoms with E-state index in [0.717, 1.165) is 32.7 Å². The van der Waals surface area contributed by atoms with Crippen LogP contribution in [0.15, 0.2) is 60.0 Å². The van der Waals surface area contributed by atoms with Gasteiger partial charge in [0.15, 0.2) is 5.82 Å². The zero-order chi connectivity index (χ0) is 19.8.